The van der Waals surface area contributed by atoms with Crippen molar-refractivity contribution in [3.63, 3.8) is 0 Å². The van der Waals surface area contributed by atoms with Crippen LogP contribution in [0.1, 0.15) is 47.2 Å². The first-order valence-electron chi connectivity index (χ1n) is 11.3. The molecule has 35 heavy (non-hydrogen) atoms. The lowest BCUT2D eigenvalue weighted by Crippen LogP contribution is -2.05. The Balaban J connectivity index is 0.000000483. The van der Waals surface area contributed by atoms with Crippen molar-refractivity contribution >= 4 is 44.8 Å². The molecule has 0 heterocycles. The zero-order valence-electron chi connectivity index (χ0n) is 22.5. The summed E-state index contributed by atoms with van der Waals surface area (Å²) < 4.78 is 0. The Hall–Kier alpha value is -3.12. The van der Waals surface area contributed by atoms with Gasteiger partial charge < -0.3 is 16.4 Å². The number of benzene rings is 3. The van der Waals surface area contributed by atoms with E-state index in [-0.39, 0.29) is 11.8 Å². The molecule has 0 atom stereocenters. The Bertz CT molecular complexity index is 1050. The van der Waals surface area contributed by atoms with E-state index in [9.17, 15) is 9.59 Å². The molecule has 4 N–H and O–H groups in total. The van der Waals surface area contributed by atoms with E-state index in [1.807, 2.05) is 88.1 Å². The van der Waals surface area contributed by atoms with Crippen molar-refractivity contribution in [2.24, 2.45) is 0 Å². The maximum Gasteiger partial charge on any atom is 0.221 e. The highest BCUT2D eigenvalue weighted by atomic mass is 79.9. The van der Waals surface area contributed by atoms with Crippen molar-refractivity contribution in [3.05, 3.63) is 88.0 Å². The van der Waals surface area contributed by atoms with E-state index in [1.165, 1.54) is 47.2 Å². The largest absolute Gasteiger partial charge is 0.399 e. The van der Waals surface area contributed by atoms with Gasteiger partial charge in [0.2, 0.25) is 11.8 Å². The second-order valence-electron chi connectivity index (χ2n) is 8.30. The van der Waals surface area contributed by atoms with Crippen LogP contribution in [0.4, 0.5) is 17.1 Å². The monoisotopic (exact) mass is 541 g/mol. The molecule has 0 aromatic heterocycles. The van der Waals surface area contributed by atoms with Crippen LogP contribution in [0.5, 0.6) is 0 Å². The summed E-state index contributed by atoms with van der Waals surface area (Å²) in [6.45, 7) is 15.3. The van der Waals surface area contributed by atoms with Gasteiger partial charge in [0.15, 0.2) is 0 Å². The average Bonchev–Trinajstić information content (AvgIpc) is 2.78. The Morgan fingerprint density at radius 2 is 0.886 bits per heavy atom. The molecule has 0 unspecified atom stereocenters. The lowest BCUT2D eigenvalue weighted by Gasteiger charge is -2.04. The third kappa shape index (κ3) is 13.4. The summed E-state index contributed by atoms with van der Waals surface area (Å²) in [5.41, 5.74) is 15.5. The number of carbonyl (C=O) groups excluding carboxylic acids is 2. The Morgan fingerprint density at radius 1 is 0.571 bits per heavy atom. The van der Waals surface area contributed by atoms with Gasteiger partial charge in [-0.1, -0.05) is 34.1 Å². The van der Waals surface area contributed by atoms with Crippen LogP contribution in [-0.4, -0.2) is 17.6 Å². The molecule has 6 heteroatoms. The number of rotatable bonds is 2. The minimum absolute atomic E-state index is 0.0294. The second-order valence-corrected chi connectivity index (χ2v) is 8.30. The first kappa shape index (κ1) is 31.9. The summed E-state index contributed by atoms with van der Waals surface area (Å²) in [6.07, 6.45) is 0. The molecular formula is C29H40BrN3O2. The molecule has 0 aliphatic rings. The van der Waals surface area contributed by atoms with E-state index >= 15 is 0 Å². The molecule has 0 spiro atoms. The lowest BCUT2D eigenvalue weighted by molar-refractivity contribution is -0.115. The van der Waals surface area contributed by atoms with E-state index < -0.39 is 0 Å². The fourth-order valence-electron chi connectivity index (χ4n) is 2.81. The highest BCUT2D eigenvalue weighted by molar-refractivity contribution is 9.08. The number of alkyl halides is 1. The average molecular weight is 543 g/mol. The number of amides is 2. The number of nitrogens with one attached hydrogen (secondary N) is 2. The number of anilines is 3. The van der Waals surface area contributed by atoms with Gasteiger partial charge in [-0.3, -0.25) is 9.59 Å². The van der Waals surface area contributed by atoms with E-state index in [1.54, 1.807) is 0 Å². The van der Waals surface area contributed by atoms with Gasteiger partial charge >= 0.3 is 0 Å². The molecule has 0 saturated carbocycles. The maximum absolute atomic E-state index is 10.7. The smallest absolute Gasteiger partial charge is 0.221 e. The molecule has 3 aromatic carbocycles. The third-order valence-corrected chi connectivity index (χ3v) is 5.19. The molecule has 0 bridgehead atoms. The predicted molar refractivity (Wildman–Crippen MR) is 156 cm³/mol. The van der Waals surface area contributed by atoms with Gasteiger partial charge in [0.05, 0.1) is 0 Å². The number of nitrogens with two attached hydrogens (primary N) is 1. The summed E-state index contributed by atoms with van der Waals surface area (Å²) >= 11 is 2.94. The molecule has 5 nitrogen and oxygen atoms in total. The summed E-state index contributed by atoms with van der Waals surface area (Å²) in [7, 11) is 0. The minimum atomic E-state index is -0.0294. The van der Waals surface area contributed by atoms with Crippen LogP contribution in [0.3, 0.4) is 0 Å². The van der Waals surface area contributed by atoms with E-state index in [0.717, 1.165) is 17.1 Å². The van der Waals surface area contributed by atoms with Gasteiger partial charge in [0.25, 0.3) is 0 Å². The lowest BCUT2D eigenvalue weighted by atomic mass is 10.1. The van der Waals surface area contributed by atoms with E-state index in [2.05, 4.69) is 40.4 Å². The summed E-state index contributed by atoms with van der Waals surface area (Å²) in [5.74, 6) is 1.75. The van der Waals surface area contributed by atoms with Gasteiger partial charge in [0, 0.05) is 30.9 Å². The van der Waals surface area contributed by atoms with Crippen molar-refractivity contribution in [1.82, 2.24) is 0 Å². The molecule has 190 valence electrons. The summed E-state index contributed by atoms with van der Waals surface area (Å²) in [5, 5.41) is 5.47. The van der Waals surface area contributed by atoms with Crippen LogP contribution in [0.15, 0.2) is 54.6 Å². The first-order chi connectivity index (χ1) is 16.4. The van der Waals surface area contributed by atoms with Crippen LogP contribution >= 0.6 is 15.9 Å². The van der Waals surface area contributed by atoms with Crippen molar-refractivity contribution < 1.29 is 9.59 Å². The molecule has 0 saturated heterocycles. The Labute approximate surface area is 219 Å². The molecule has 3 aromatic rings. The van der Waals surface area contributed by atoms with Gasteiger partial charge in [-0.2, -0.15) is 0 Å². The normalized spacial score (nSPS) is 9.20. The highest BCUT2D eigenvalue weighted by Crippen LogP contribution is 2.14. The molecule has 3 rings (SSSR count). The number of hydrogen-bond donors (Lipinski definition) is 3. The quantitative estimate of drug-likeness (QED) is 0.233. The summed E-state index contributed by atoms with van der Waals surface area (Å²) in [4.78, 5) is 21.4. The Morgan fingerprint density at radius 3 is 1.14 bits per heavy atom. The SMILES string of the molecule is CBr.CC(=O)Nc1ccc(C)c(C)c1.CC(=O)Nc1ccc(C)c(C)c1.Cc1ccc(N)cc1C. The predicted octanol–water partition coefficient (Wildman–Crippen LogP) is 7.42. The van der Waals surface area contributed by atoms with Crippen LogP contribution in [0.2, 0.25) is 0 Å². The van der Waals surface area contributed by atoms with Crippen LogP contribution in [0, 0.1) is 41.5 Å². The van der Waals surface area contributed by atoms with E-state index in [0.29, 0.717) is 0 Å². The third-order valence-electron chi connectivity index (χ3n) is 5.19. The minimum Gasteiger partial charge on any atom is -0.399 e. The van der Waals surface area contributed by atoms with Crippen molar-refractivity contribution in [2.45, 2.75) is 55.4 Å². The van der Waals surface area contributed by atoms with Crippen molar-refractivity contribution in [2.75, 3.05) is 22.2 Å². The molecule has 0 aliphatic heterocycles. The fraction of sp³-hybridized carbons (Fsp3) is 0.310. The van der Waals surface area contributed by atoms with Crippen molar-refractivity contribution in [1.29, 1.82) is 0 Å². The van der Waals surface area contributed by atoms with Crippen LogP contribution < -0.4 is 16.4 Å². The molecule has 0 radical (unpaired) electrons. The molecular weight excluding hydrogens is 502 g/mol. The van der Waals surface area contributed by atoms with Gasteiger partial charge in [-0.15, -0.1) is 0 Å². The topological polar surface area (TPSA) is 84.2 Å². The van der Waals surface area contributed by atoms with Crippen molar-refractivity contribution in [3.8, 4) is 0 Å². The summed E-state index contributed by atoms with van der Waals surface area (Å²) in [6, 6.07) is 17.7. The first-order valence-corrected chi connectivity index (χ1v) is 12.9. The highest BCUT2D eigenvalue weighted by Gasteiger charge is 1.98. The second kappa shape index (κ2) is 16.5. The number of hydrogen-bond acceptors (Lipinski definition) is 3. The molecule has 0 fully saturated rings. The fourth-order valence-corrected chi connectivity index (χ4v) is 2.81. The van der Waals surface area contributed by atoms with Crippen LogP contribution in [0.25, 0.3) is 0 Å². The van der Waals surface area contributed by atoms with Gasteiger partial charge in [0.1, 0.15) is 0 Å². The number of aryl methyl sites for hydroxylation is 6. The Kier molecular flexibility index (Phi) is 15.0. The zero-order valence-corrected chi connectivity index (χ0v) is 24.1. The number of carbonyl (C=O) groups is 2. The molecule has 0 aliphatic carbocycles. The van der Waals surface area contributed by atoms with Crippen LogP contribution in [-0.2, 0) is 9.59 Å². The number of nitrogen functional groups attached to an aromatic ring is 1. The standard InChI is InChI=1S/2C10H13NO.C8H11N.CH3Br/c2*1-7-4-5-10(6-8(7)2)11-9(3)12;1-6-3-4-8(9)5-7(6)2;1-2/h2*4-6H,1-3H3,(H,11,12);3-5H,9H2,1-2H3;1H3. The van der Waals surface area contributed by atoms with E-state index in [4.69, 9.17) is 5.73 Å². The van der Waals surface area contributed by atoms with Gasteiger partial charge in [-0.05, 0) is 117 Å². The molecule has 2 amide bonds. The number of halogens is 1. The van der Waals surface area contributed by atoms with Gasteiger partial charge in [-0.25, -0.2) is 0 Å². The maximum atomic E-state index is 10.7. The zero-order chi connectivity index (χ0) is 27.1.